The van der Waals surface area contributed by atoms with Crippen molar-refractivity contribution in [1.82, 2.24) is 5.09 Å². The van der Waals surface area contributed by atoms with Crippen molar-refractivity contribution in [3.63, 3.8) is 0 Å². The molecule has 0 fully saturated rings. The zero-order chi connectivity index (χ0) is 19.2. The minimum Gasteiger partial charge on any atom is -0.493 e. The summed E-state index contributed by atoms with van der Waals surface area (Å²) in [5.41, 5.74) is 0. The molecule has 2 unspecified atom stereocenters. The van der Waals surface area contributed by atoms with Gasteiger partial charge < -0.3 is 29.3 Å². The minimum atomic E-state index is -4.42. The van der Waals surface area contributed by atoms with Crippen LogP contribution >= 0.6 is 7.52 Å². The summed E-state index contributed by atoms with van der Waals surface area (Å²) in [6.07, 6.45) is -0.849. The van der Waals surface area contributed by atoms with Gasteiger partial charge in [-0.3, -0.25) is 14.2 Å². The van der Waals surface area contributed by atoms with Crippen LogP contribution in [0.5, 0.6) is 17.2 Å². The largest absolute Gasteiger partial charge is 0.493 e. The van der Waals surface area contributed by atoms with Crippen LogP contribution in [0.1, 0.15) is 12.8 Å². The van der Waals surface area contributed by atoms with Gasteiger partial charge in [0.25, 0.3) is 0 Å². The van der Waals surface area contributed by atoms with Crippen LogP contribution in [0.2, 0.25) is 0 Å². The van der Waals surface area contributed by atoms with Gasteiger partial charge in [0, 0.05) is 6.42 Å². The molecule has 11 heteroatoms. The summed E-state index contributed by atoms with van der Waals surface area (Å²) in [4.78, 5) is 32.2. The van der Waals surface area contributed by atoms with E-state index in [1.165, 1.54) is 33.5 Å². The second-order valence-corrected chi connectivity index (χ2v) is 6.77. The molecule has 1 aromatic rings. The van der Waals surface area contributed by atoms with Crippen LogP contribution in [0, 0.1) is 0 Å². The van der Waals surface area contributed by atoms with Crippen molar-refractivity contribution >= 4 is 24.8 Å². The smallest absolute Gasteiger partial charge is 0.321 e. The molecule has 140 valence electrons. The van der Waals surface area contributed by atoms with Gasteiger partial charge in [-0.15, -0.1) is 0 Å². The summed E-state index contributed by atoms with van der Waals surface area (Å²) in [5.74, 6) is -2.44. The zero-order valence-corrected chi connectivity index (χ0v) is 14.8. The van der Waals surface area contributed by atoms with E-state index in [4.69, 9.17) is 24.4 Å². The lowest BCUT2D eigenvalue weighted by molar-refractivity contribution is -0.140. The molecular formula is C14H20NO9P. The van der Waals surface area contributed by atoms with Gasteiger partial charge in [-0.05, 0) is 18.6 Å². The second-order valence-electron chi connectivity index (χ2n) is 4.88. The molecule has 0 saturated carbocycles. The molecule has 0 bridgehead atoms. The molecule has 0 aliphatic heterocycles. The van der Waals surface area contributed by atoms with E-state index in [-0.39, 0.29) is 29.0 Å². The number of benzene rings is 1. The summed E-state index contributed by atoms with van der Waals surface area (Å²) in [5, 5.41) is 19.7. The van der Waals surface area contributed by atoms with Crippen LogP contribution in [-0.2, 0) is 14.2 Å². The lowest BCUT2D eigenvalue weighted by atomic mass is 10.2. The SMILES string of the molecule is COc1ccc(P(=O)(O)NC(CCC(=O)O)C(=O)O)c(OC)c1OC. The summed E-state index contributed by atoms with van der Waals surface area (Å²) >= 11 is 0. The zero-order valence-electron chi connectivity index (χ0n) is 13.9. The van der Waals surface area contributed by atoms with Gasteiger partial charge in [0.05, 0.1) is 26.6 Å². The Labute approximate surface area is 143 Å². The highest BCUT2D eigenvalue weighted by atomic mass is 31.2. The van der Waals surface area contributed by atoms with Gasteiger partial charge in [-0.1, -0.05) is 0 Å². The average molecular weight is 377 g/mol. The van der Waals surface area contributed by atoms with E-state index in [0.29, 0.717) is 0 Å². The lowest BCUT2D eigenvalue weighted by Gasteiger charge is -2.22. The number of rotatable bonds is 10. The number of hydrogen-bond donors (Lipinski definition) is 4. The van der Waals surface area contributed by atoms with E-state index in [9.17, 15) is 19.0 Å². The molecule has 1 aromatic carbocycles. The maximum absolute atomic E-state index is 12.7. The molecule has 0 aliphatic rings. The van der Waals surface area contributed by atoms with Gasteiger partial charge in [0.1, 0.15) is 6.04 Å². The quantitative estimate of drug-likeness (QED) is 0.422. The third kappa shape index (κ3) is 5.09. The first-order chi connectivity index (χ1) is 11.7. The lowest BCUT2D eigenvalue weighted by Crippen LogP contribution is -2.37. The fourth-order valence-corrected chi connectivity index (χ4v) is 3.66. The molecule has 25 heavy (non-hydrogen) atoms. The van der Waals surface area contributed by atoms with E-state index >= 15 is 0 Å². The third-order valence-electron chi connectivity index (χ3n) is 3.29. The molecular weight excluding hydrogens is 357 g/mol. The normalized spacial score (nSPS) is 14.2. The Kier molecular flexibility index (Phi) is 7.22. The predicted octanol–water partition coefficient (Wildman–Crippen LogP) is 0.431. The second kappa shape index (κ2) is 8.70. The first-order valence-corrected chi connectivity index (χ1v) is 8.68. The van der Waals surface area contributed by atoms with Crippen LogP contribution in [0.4, 0.5) is 0 Å². The Morgan fingerprint density at radius 3 is 2.16 bits per heavy atom. The molecule has 0 saturated heterocycles. The number of carboxylic acid groups (broad SMARTS) is 2. The van der Waals surface area contributed by atoms with E-state index in [0.717, 1.165) is 0 Å². The number of methoxy groups -OCH3 is 3. The molecule has 0 radical (unpaired) electrons. The molecule has 0 spiro atoms. The molecule has 10 nitrogen and oxygen atoms in total. The number of hydrogen-bond acceptors (Lipinski definition) is 6. The van der Waals surface area contributed by atoms with Crippen molar-refractivity contribution in [2.24, 2.45) is 0 Å². The maximum atomic E-state index is 12.7. The summed E-state index contributed by atoms with van der Waals surface area (Å²) < 4.78 is 28.0. The van der Waals surface area contributed by atoms with Gasteiger partial charge in [0.15, 0.2) is 11.5 Å². The highest BCUT2D eigenvalue weighted by molar-refractivity contribution is 7.64. The molecule has 0 aliphatic carbocycles. The molecule has 2 atom stereocenters. The Hall–Kier alpha value is -2.29. The van der Waals surface area contributed by atoms with Crippen LogP contribution in [0.15, 0.2) is 12.1 Å². The van der Waals surface area contributed by atoms with Gasteiger partial charge in [-0.25, -0.2) is 5.09 Å². The van der Waals surface area contributed by atoms with Crippen molar-refractivity contribution in [3.8, 4) is 17.2 Å². The number of nitrogens with one attached hydrogen (secondary N) is 1. The maximum Gasteiger partial charge on any atom is 0.321 e. The van der Waals surface area contributed by atoms with Gasteiger partial charge in [-0.2, -0.15) is 0 Å². The van der Waals surface area contributed by atoms with E-state index in [1.807, 2.05) is 0 Å². The highest BCUT2D eigenvalue weighted by Gasteiger charge is 2.34. The van der Waals surface area contributed by atoms with Crippen molar-refractivity contribution in [1.29, 1.82) is 0 Å². The number of carbonyl (C=O) groups is 2. The van der Waals surface area contributed by atoms with Gasteiger partial charge in [0.2, 0.25) is 5.75 Å². The first-order valence-electron chi connectivity index (χ1n) is 7.02. The van der Waals surface area contributed by atoms with Crippen molar-refractivity contribution in [2.45, 2.75) is 18.9 Å². The Bertz CT molecular complexity index is 691. The van der Waals surface area contributed by atoms with Crippen LogP contribution < -0.4 is 24.6 Å². The first kappa shape index (κ1) is 20.8. The number of carboxylic acids is 2. The van der Waals surface area contributed by atoms with Gasteiger partial charge >= 0.3 is 19.5 Å². The van der Waals surface area contributed by atoms with Crippen molar-refractivity contribution in [3.05, 3.63) is 12.1 Å². The van der Waals surface area contributed by atoms with Crippen molar-refractivity contribution in [2.75, 3.05) is 21.3 Å². The Morgan fingerprint density at radius 1 is 1.12 bits per heavy atom. The highest BCUT2D eigenvalue weighted by Crippen LogP contribution is 2.45. The molecule has 1 rings (SSSR count). The number of aliphatic carboxylic acids is 2. The standard InChI is InChI=1S/C14H20NO9P/c1-22-9-5-6-10(13(24-3)12(9)23-2)25(20,21)15-8(14(18)19)4-7-11(16)17/h5-6,8H,4,7H2,1-3H3,(H,16,17)(H,18,19)(H2,15,20,21). The topological polar surface area (TPSA) is 152 Å². The van der Waals surface area contributed by atoms with Crippen molar-refractivity contribution < 1.29 is 43.5 Å². The minimum absolute atomic E-state index is 0.0657. The molecule has 4 N–H and O–H groups in total. The van der Waals surface area contributed by atoms with E-state index < -0.39 is 31.9 Å². The number of ether oxygens (including phenoxy) is 3. The summed E-state index contributed by atoms with van der Waals surface area (Å²) in [6.45, 7) is 0. The van der Waals surface area contributed by atoms with Crippen LogP contribution in [0.3, 0.4) is 0 Å². The van der Waals surface area contributed by atoms with Crippen LogP contribution in [0.25, 0.3) is 0 Å². The summed E-state index contributed by atoms with van der Waals surface area (Å²) in [6, 6.07) is 1.07. The monoisotopic (exact) mass is 377 g/mol. The molecule has 0 heterocycles. The summed E-state index contributed by atoms with van der Waals surface area (Å²) in [7, 11) is -0.486. The Balaban J connectivity index is 3.25. The van der Waals surface area contributed by atoms with Crippen LogP contribution in [-0.4, -0.2) is 54.4 Å². The molecule has 0 aromatic heterocycles. The molecule has 0 amide bonds. The Morgan fingerprint density at radius 2 is 1.72 bits per heavy atom. The fourth-order valence-electron chi connectivity index (χ4n) is 2.12. The van der Waals surface area contributed by atoms with E-state index in [2.05, 4.69) is 5.09 Å². The third-order valence-corrected chi connectivity index (χ3v) is 4.95. The fraction of sp³-hybridized carbons (Fsp3) is 0.429. The van der Waals surface area contributed by atoms with E-state index in [1.54, 1.807) is 0 Å². The average Bonchev–Trinajstić information content (AvgIpc) is 2.56. The predicted molar refractivity (Wildman–Crippen MR) is 87.0 cm³/mol.